The van der Waals surface area contributed by atoms with Gasteiger partial charge < -0.3 is 47.0 Å². The van der Waals surface area contributed by atoms with E-state index in [0.29, 0.717) is 5.56 Å². The molecule has 0 radical (unpaired) electrons. The maximum Gasteiger partial charge on any atom is 0.308 e. The number of carbonyl (C=O) groups excluding carboxylic acids is 7. The first-order valence-corrected chi connectivity index (χ1v) is 19.0. The van der Waals surface area contributed by atoms with E-state index in [-0.39, 0.29) is 12.8 Å². The number of ketones is 1. The summed E-state index contributed by atoms with van der Waals surface area (Å²) in [4.78, 5) is 97.8. The molecular weight excluding hydrogens is 752 g/mol. The monoisotopic (exact) mass is 802 g/mol. The number of rotatable bonds is 11. The van der Waals surface area contributed by atoms with Gasteiger partial charge in [-0.2, -0.15) is 0 Å². The molecule has 6 fully saturated rings. The van der Waals surface area contributed by atoms with E-state index < -0.39 is 135 Å². The third-order valence-electron chi connectivity index (χ3n) is 14.2. The van der Waals surface area contributed by atoms with Gasteiger partial charge in [0.25, 0.3) is 5.97 Å². The predicted octanol–water partition coefficient (Wildman–Crippen LogP) is 3.43. The average molecular weight is 803 g/mol. The van der Waals surface area contributed by atoms with E-state index in [2.05, 4.69) is 0 Å². The minimum absolute atomic E-state index is 0.115. The zero-order valence-electron chi connectivity index (χ0n) is 34.0. The highest BCUT2D eigenvalue weighted by Gasteiger charge is 3.06. The SMILES string of the molecule is COC(=O)C[C@@H]1[C@](C)([C@@H](OC(C)=O)c2ccoc2)CC(=O)[C@@]23OC4(C)O[C@@]12[C@H](OC(=O)C(C)C)[C@@]1(OC(C)=O)[C@@H](OC(C)=O)[C@@]2(C)C[C@@]1(O4)[C@@]3(C)[C@H]2CC(=O)OC. The number of esters is 6. The lowest BCUT2D eigenvalue weighted by molar-refractivity contribution is -0.466. The minimum Gasteiger partial charge on any atom is -0.472 e. The van der Waals surface area contributed by atoms with Gasteiger partial charge >= 0.3 is 35.8 Å². The Balaban J connectivity index is 1.69. The quantitative estimate of drug-likeness (QED) is 0.231. The molecule has 6 aliphatic rings. The molecule has 4 saturated carbocycles. The maximum atomic E-state index is 16.0. The molecule has 0 amide bonds. The highest BCUT2D eigenvalue weighted by Crippen LogP contribution is 2.89. The minimum atomic E-state index is -2.42. The summed E-state index contributed by atoms with van der Waals surface area (Å²) in [6.45, 7) is 13.0. The lowest BCUT2D eigenvalue weighted by atomic mass is 9.33. The van der Waals surface area contributed by atoms with Gasteiger partial charge in [-0.05, 0) is 18.4 Å². The summed E-state index contributed by atoms with van der Waals surface area (Å²) in [5, 5.41) is 0. The Bertz CT molecular complexity index is 1940. The number of carbonyl (C=O) groups is 7. The third kappa shape index (κ3) is 4.70. The largest absolute Gasteiger partial charge is 0.472 e. The summed E-state index contributed by atoms with van der Waals surface area (Å²) < 4.78 is 62.5. The van der Waals surface area contributed by atoms with Crippen LogP contribution in [0.1, 0.15) is 99.7 Å². The van der Waals surface area contributed by atoms with E-state index in [0.717, 1.165) is 21.0 Å². The Kier molecular flexibility index (Phi) is 9.01. The van der Waals surface area contributed by atoms with Crippen LogP contribution in [0.4, 0.5) is 0 Å². The molecule has 3 heterocycles. The number of furan rings is 1. The Morgan fingerprint density at radius 2 is 1.46 bits per heavy atom. The molecule has 17 nitrogen and oxygen atoms in total. The van der Waals surface area contributed by atoms with Crippen molar-refractivity contribution in [2.75, 3.05) is 14.2 Å². The summed E-state index contributed by atoms with van der Waals surface area (Å²) >= 11 is 0. The fourth-order valence-electron chi connectivity index (χ4n) is 12.8. The summed E-state index contributed by atoms with van der Waals surface area (Å²) in [6.07, 6.45) is -3.62. The number of fused-ring (bicyclic) bond motifs is 2. The molecule has 312 valence electrons. The molecule has 4 bridgehead atoms. The molecule has 2 spiro atoms. The molecule has 0 aromatic carbocycles. The molecule has 1 aromatic heterocycles. The van der Waals surface area contributed by atoms with Gasteiger partial charge in [-0.25, -0.2) is 0 Å². The van der Waals surface area contributed by atoms with Crippen LogP contribution >= 0.6 is 0 Å². The van der Waals surface area contributed by atoms with Crippen LogP contribution in [0.15, 0.2) is 23.0 Å². The van der Waals surface area contributed by atoms with E-state index in [4.69, 9.17) is 47.0 Å². The molecule has 4 aliphatic carbocycles. The lowest BCUT2D eigenvalue weighted by Gasteiger charge is -2.76. The molecule has 57 heavy (non-hydrogen) atoms. The standard InChI is InChI=1S/C40H50O17/c1-19(2)30(47)53-32-38-25(15-28(46)49-11)33(6,29(51-20(3)41)23-12-13-50-17-23)16-26(44)40(38)35(8)24(14-27(45)48-10)34(7)18-37(35,55-36(9,56-38)57-40)39(32,54-22(5)43)31(34)52-21(4)42/h12-13,17,19,24-25,29,31-32H,14-16,18H2,1-11H3/t24-,25+,29-,31-,32-,33+,34-,35+,36?,37+,38+,39-,40-/m0/s1. The topological polar surface area (TPSA) is 216 Å². The van der Waals surface area contributed by atoms with E-state index in [1.54, 1.807) is 34.6 Å². The van der Waals surface area contributed by atoms with Crippen molar-refractivity contribution < 1.29 is 80.6 Å². The Morgan fingerprint density at radius 3 is 1.98 bits per heavy atom. The van der Waals surface area contributed by atoms with Crippen LogP contribution < -0.4 is 0 Å². The lowest BCUT2D eigenvalue weighted by Crippen LogP contribution is -2.95. The van der Waals surface area contributed by atoms with Crippen molar-refractivity contribution in [1.29, 1.82) is 0 Å². The van der Waals surface area contributed by atoms with Gasteiger partial charge in [0.1, 0.15) is 11.7 Å². The van der Waals surface area contributed by atoms with Crippen LogP contribution in [0, 0.1) is 34.0 Å². The summed E-state index contributed by atoms with van der Waals surface area (Å²) in [5.74, 6) is -10.9. The predicted molar refractivity (Wildman–Crippen MR) is 187 cm³/mol. The number of hydrogen-bond donors (Lipinski definition) is 0. The fourth-order valence-corrected chi connectivity index (χ4v) is 12.8. The van der Waals surface area contributed by atoms with Crippen LogP contribution in [-0.4, -0.2) is 96.4 Å². The van der Waals surface area contributed by atoms with E-state index in [1.165, 1.54) is 39.5 Å². The molecular formula is C40H50O17. The second kappa shape index (κ2) is 12.6. The van der Waals surface area contributed by atoms with Crippen molar-refractivity contribution in [2.45, 2.75) is 135 Å². The van der Waals surface area contributed by atoms with Crippen LogP contribution in [0.2, 0.25) is 0 Å². The van der Waals surface area contributed by atoms with Gasteiger partial charge in [0.2, 0.25) is 5.60 Å². The van der Waals surface area contributed by atoms with Crippen LogP contribution in [-0.2, 0) is 76.2 Å². The van der Waals surface area contributed by atoms with Gasteiger partial charge in [0.15, 0.2) is 29.2 Å². The smallest absolute Gasteiger partial charge is 0.308 e. The van der Waals surface area contributed by atoms with Crippen molar-refractivity contribution >= 4 is 41.6 Å². The molecule has 2 aliphatic heterocycles. The highest BCUT2D eigenvalue weighted by atomic mass is 16.9. The van der Waals surface area contributed by atoms with Gasteiger partial charge in [0, 0.05) is 68.3 Å². The normalized spacial score (nSPS) is 43.5. The van der Waals surface area contributed by atoms with E-state index >= 15 is 4.79 Å². The second-order valence-electron chi connectivity index (χ2n) is 17.5. The average Bonchev–Trinajstić information content (AvgIpc) is 3.81. The number of hydrogen-bond acceptors (Lipinski definition) is 17. The van der Waals surface area contributed by atoms with Gasteiger partial charge in [0.05, 0.1) is 39.1 Å². The third-order valence-corrected chi connectivity index (χ3v) is 14.2. The highest BCUT2D eigenvalue weighted by molar-refractivity contribution is 5.95. The van der Waals surface area contributed by atoms with Crippen LogP contribution in [0.5, 0.6) is 0 Å². The van der Waals surface area contributed by atoms with Crippen molar-refractivity contribution in [3.63, 3.8) is 0 Å². The molecule has 7 rings (SSSR count). The fraction of sp³-hybridized carbons (Fsp3) is 0.725. The second-order valence-corrected chi connectivity index (χ2v) is 17.5. The summed E-state index contributed by atoms with van der Waals surface area (Å²) in [5.41, 5.74) is -13.5. The molecule has 13 atom stereocenters. The number of ether oxygens (including phenoxy) is 9. The van der Waals surface area contributed by atoms with Crippen molar-refractivity contribution in [1.82, 2.24) is 0 Å². The van der Waals surface area contributed by atoms with Crippen LogP contribution in [0.25, 0.3) is 0 Å². The van der Waals surface area contributed by atoms with Crippen LogP contribution in [0.3, 0.4) is 0 Å². The first kappa shape index (κ1) is 40.8. The van der Waals surface area contributed by atoms with Gasteiger partial charge in [-0.15, -0.1) is 0 Å². The molecule has 2 saturated heterocycles. The number of Topliss-reactive ketones (excluding diaryl/α,β-unsaturated/α-hetero) is 1. The number of methoxy groups -OCH3 is 2. The first-order chi connectivity index (χ1) is 26.5. The van der Waals surface area contributed by atoms with Crippen molar-refractivity contribution in [3.8, 4) is 0 Å². The summed E-state index contributed by atoms with van der Waals surface area (Å²) in [6, 6.07) is 1.54. The molecule has 0 N–H and O–H groups in total. The Labute approximate surface area is 328 Å². The van der Waals surface area contributed by atoms with Crippen molar-refractivity contribution in [3.05, 3.63) is 24.2 Å². The Morgan fingerprint density at radius 1 is 0.825 bits per heavy atom. The zero-order valence-corrected chi connectivity index (χ0v) is 34.0. The molecule has 17 heteroatoms. The maximum absolute atomic E-state index is 16.0. The Hall–Kier alpha value is -4.35. The zero-order chi connectivity index (χ0) is 42.1. The summed E-state index contributed by atoms with van der Waals surface area (Å²) in [7, 11) is 2.37. The van der Waals surface area contributed by atoms with E-state index in [1.807, 2.05) is 0 Å². The van der Waals surface area contributed by atoms with Gasteiger partial charge in [-0.1, -0.05) is 34.6 Å². The van der Waals surface area contributed by atoms with E-state index in [9.17, 15) is 28.8 Å². The molecule has 1 aromatic rings. The molecule has 1 unspecified atom stereocenters. The van der Waals surface area contributed by atoms with Gasteiger partial charge in [-0.3, -0.25) is 33.6 Å². The first-order valence-electron chi connectivity index (χ1n) is 19.0. The van der Waals surface area contributed by atoms with Crippen molar-refractivity contribution in [2.24, 2.45) is 34.0 Å².